The van der Waals surface area contributed by atoms with Crippen molar-refractivity contribution in [3.05, 3.63) is 23.8 Å². The molecule has 0 N–H and O–H groups in total. The summed E-state index contributed by atoms with van der Waals surface area (Å²) in [5, 5.41) is 0. The van der Waals surface area contributed by atoms with E-state index in [1.165, 1.54) is 56.9 Å². The summed E-state index contributed by atoms with van der Waals surface area (Å²) in [6, 6.07) is 0. The van der Waals surface area contributed by atoms with E-state index < -0.39 is 0 Å². The van der Waals surface area contributed by atoms with Gasteiger partial charge in [-0.1, -0.05) is 23.8 Å². The molecule has 0 aromatic rings. The van der Waals surface area contributed by atoms with Crippen molar-refractivity contribution in [2.45, 2.75) is 51.4 Å². The molecule has 1 fully saturated rings. The van der Waals surface area contributed by atoms with Gasteiger partial charge >= 0.3 is 0 Å². The van der Waals surface area contributed by atoms with Crippen molar-refractivity contribution < 1.29 is 0 Å². The van der Waals surface area contributed by atoms with Gasteiger partial charge in [-0.05, 0) is 57.3 Å². The third-order valence-corrected chi connectivity index (χ3v) is 3.54. The van der Waals surface area contributed by atoms with E-state index in [4.69, 9.17) is 0 Å². The Hall–Kier alpha value is -0.520. The lowest BCUT2D eigenvalue weighted by Crippen LogP contribution is -2.12. The predicted octanol–water partition coefficient (Wildman–Crippen LogP) is 4.23. The fourth-order valence-corrected chi connectivity index (χ4v) is 2.63. The molecule has 1 saturated carbocycles. The normalized spacial score (nSPS) is 25.8. The lowest BCUT2D eigenvalue weighted by Gasteiger charge is -2.27. The number of hydrogen-bond acceptors (Lipinski definition) is 0. The Bertz CT molecular complexity index is 212. The monoisotopic (exact) mass is 176 g/mol. The van der Waals surface area contributed by atoms with Crippen molar-refractivity contribution in [3.8, 4) is 0 Å². The van der Waals surface area contributed by atoms with E-state index in [0.29, 0.717) is 0 Å². The summed E-state index contributed by atoms with van der Waals surface area (Å²) in [7, 11) is 0. The molecule has 2 rings (SSSR count). The first-order valence-electron chi connectivity index (χ1n) is 5.72. The fraction of sp³-hybridized carbons (Fsp3) is 0.692. The molecule has 0 amide bonds. The maximum atomic E-state index is 4.07. The third-order valence-electron chi connectivity index (χ3n) is 3.54. The van der Waals surface area contributed by atoms with E-state index in [9.17, 15) is 0 Å². The van der Waals surface area contributed by atoms with Gasteiger partial charge in [-0.3, -0.25) is 0 Å². The molecule has 13 heavy (non-hydrogen) atoms. The van der Waals surface area contributed by atoms with Gasteiger partial charge in [-0.25, -0.2) is 0 Å². The van der Waals surface area contributed by atoms with Gasteiger partial charge in [0, 0.05) is 0 Å². The van der Waals surface area contributed by atoms with E-state index in [1.54, 1.807) is 5.57 Å². The Labute approximate surface area is 81.7 Å². The van der Waals surface area contributed by atoms with Gasteiger partial charge in [0.15, 0.2) is 0 Å². The van der Waals surface area contributed by atoms with E-state index in [0.717, 1.165) is 5.92 Å². The van der Waals surface area contributed by atoms with Crippen molar-refractivity contribution >= 4 is 0 Å². The van der Waals surface area contributed by atoms with Crippen LogP contribution in [0.15, 0.2) is 23.8 Å². The third kappa shape index (κ3) is 2.24. The van der Waals surface area contributed by atoms with Crippen LogP contribution in [0.3, 0.4) is 0 Å². The molecule has 0 spiro atoms. The van der Waals surface area contributed by atoms with Crippen LogP contribution in [0, 0.1) is 5.92 Å². The zero-order chi connectivity index (χ0) is 9.10. The van der Waals surface area contributed by atoms with Crippen molar-refractivity contribution in [1.82, 2.24) is 0 Å². The second-order valence-electron chi connectivity index (χ2n) is 4.55. The lowest BCUT2D eigenvalue weighted by atomic mass is 9.78. The van der Waals surface area contributed by atoms with Crippen LogP contribution in [-0.2, 0) is 0 Å². The average Bonchev–Trinajstić information content (AvgIpc) is 2.20. The van der Waals surface area contributed by atoms with Crippen molar-refractivity contribution in [1.29, 1.82) is 0 Å². The van der Waals surface area contributed by atoms with Crippen LogP contribution in [0.4, 0.5) is 0 Å². The Balaban J connectivity index is 1.93. The van der Waals surface area contributed by atoms with Crippen LogP contribution >= 0.6 is 0 Å². The molecule has 0 bridgehead atoms. The highest BCUT2D eigenvalue weighted by molar-refractivity contribution is 5.13. The maximum Gasteiger partial charge on any atom is -0.0197 e. The molecular weight excluding hydrogens is 156 g/mol. The Morgan fingerprint density at radius 1 is 1.08 bits per heavy atom. The van der Waals surface area contributed by atoms with E-state index in [1.807, 2.05) is 0 Å². The Morgan fingerprint density at radius 2 is 1.85 bits per heavy atom. The highest BCUT2D eigenvalue weighted by Crippen LogP contribution is 2.35. The van der Waals surface area contributed by atoms with E-state index >= 15 is 0 Å². The summed E-state index contributed by atoms with van der Waals surface area (Å²) in [6.45, 7) is 4.07. The quantitative estimate of drug-likeness (QED) is 0.524. The Kier molecular flexibility index (Phi) is 2.87. The highest BCUT2D eigenvalue weighted by Gasteiger charge is 2.19. The summed E-state index contributed by atoms with van der Waals surface area (Å²) >= 11 is 0. The fourth-order valence-electron chi connectivity index (χ4n) is 2.63. The topological polar surface area (TPSA) is 0 Å². The minimum Gasteiger partial charge on any atom is -0.0999 e. The van der Waals surface area contributed by atoms with E-state index in [-0.39, 0.29) is 0 Å². The zero-order valence-corrected chi connectivity index (χ0v) is 8.52. The molecule has 0 radical (unpaired) electrons. The molecule has 2 aliphatic carbocycles. The summed E-state index contributed by atoms with van der Waals surface area (Å²) in [5.41, 5.74) is 3.26. The largest absolute Gasteiger partial charge is 0.0999 e. The van der Waals surface area contributed by atoms with Gasteiger partial charge in [0.25, 0.3) is 0 Å². The van der Waals surface area contributed by atoms with Crippen LogP contribution in [0.25, 0.3) is 0 Å². The summed E-state index contributed by atoms with van der Waals surface area (Å²) in [4.78, 5) is 0. The van der Waals surface area contributed by atoms with Gasteiger partial charge in [-0.2, -0.15) is 0 Å². The van der Waals surface area contributed by atoms with Crippen molar-refractivity contribution in [2.75, 3.05) is 0 Å². The summed E-state index contributed by atoms with van der Waals surface area (Å²) < 4.78 is 0. The van der Waals surface area contributed by atoms with Gasteiger partial charge in [0.05, 0.1) is 0 Å². The zero-order valence-electron chi connectivity index (χ0n) is 8.52. The summed E-state index contributed by atoms with van der Waals surface area (Å²) in [6.07, 6.45) is 13.4. The molecule has 0 heterocycles. The summed E-state index contributed by atoms with van der Waals surface area (Å²) in [5.74, 6) is 0.922. The molecular formula is C13H20. The molecule has 0 aromatic heterocycles. The smallest absolute Gasteiger partial charge is 0.0197 e. The minimum absolute atomic E-state index is 0.922. The second-order valence-corrected chi connectivity index (χ2v) is 4.55. The van der Waals surface area contributed by atoms with Crippen LogP contribution in [-0.4, -0.2) is 0 Å². The minimum atomic E-state index is 0.922. The van der Waals surface area contributed by atoms with Gasteiger partial charge in [-0.15, -0.1) is 0 Å². The number of hydrogen-bond donors (Lipinski definition) is 0. The molecule has 0 nitrogen and oxygen atoms in total. The molecule has 72 valence electrons. The Morgan fingerprint density at radius 3 is 2.46 bits per heavy atom. The first-order valence-corrected chi connectivity index (χ1v) is 5.72. The van der Waals surface area contributed by atoms with E-state index in [2.05, 4.69) is 12.7 Å². The van der Waals surface area contributed by atoms with Gasteiger partial charge in [0.1, 0.15) is 0 Å². The number of allylic oxidation sites excluding steroid dienone is 3. The van der Waals surface area contributed by atoms with Crippen LogP contribution in [0.1, 0.15) is 51.4 Å². The molecule has 0 heteroatoms. The highest BCUT2D eigenvalue weighted by atomic mass is 14.2. The number of rotatable bonds is 1. The van der Waals surface area contributed by atoms with Gasteiger partial charge < -0.3 is 0 Å². The average molecular weight is 176 g/mol. The maximum absolute atomic E-state index is 4.07. The standard InChI is InChI=1S/C13H20/c1-11-7-9-13(10-8-11)12-5-3-2-4-6-12/h5,13H,1-4,6-10H2. The SMILES string of the molecule is C=C1CCC(C2=CCCCC2)CC1. The van der Waals surface area contributed by atoms with Gasteiger partial charge in [0.2, 0.25) is 0 Å². The second kappa shape index (κ2) is 4.13. The van der Waals surface area contributed by atoms with Crippen LogP contribution < -0.4 is 0 Å². The molecule has 2 aliphatic rings. The van der Waals surface area contributed by atoms with Crippen LogP contribution in [0.2, 0.25) is 0 Å². The van der Waals surface area contributed by atoms with Crippen molar-refractivity contribution in [2.24, 2.45) is 5.92 Å². The van der Waals surface area contributed by atoms with Crippen LogP contribution in [0.5, 0.6) is 0 Å². The molecule has 0 aromatic carbocycles. The first kappa shape index (κ1) is 9.05. The first-order chi connectivity index (χ1) is 6.36. The molecule has 0 saturated heterocycles. The molecule has 0 aliphatic heterocycles. The molecule has 0 atom stereocenters. The molecule has 0 unspecified atom stereocenters. The van der Waals surface area contributed by atoms with Crippen molar-refractivity contribution in [3.63, 3.8) is 0 Å². The lowest BCUT2D eigenvalue weighted by molar-refractivity contribution is 0.442. The predicted molar refractivity (Wildman–Crippen MR) is 57.6 cm³/mol.